The van der Waals surface area contributed by atoms with Crippen molar-refractivity contribution >= 4 is 28.7 Å². The first-order valence-corrected chi connectivity index (χ1v) is 12.9. The highest BCUT2D eigenvalue weighted by molar-refractivity contribution is 5.99. The number of halogens is 1. The van der Waals surface area contributed by atoms with Crippen molar-refractivity contribution in [3.05, 3.63) is 101 Å². The van der Waals surface area contributed by atoms with Crippen molar-refractivity contribution in [1.29, 1.82) is 0 Å². The van der Waals surface area contributed by atoms with E-state index in [-0.39, 0.29) is 30.6 Å². The minimum atomic E-state index is -0.493. The Morgan fingerprint density at radius 3 is 2.56 bits per heavy atom. The van der Waals surface area contributed by atoms with Crippen LogP contribution in [0.5, 0.6) is 0 Å². The molecule has 0 saturated carbocycles. The average molecular weight is 527 g/mol. The number of rotatable bonds is 8. The lowest BCUT2D eigenvalue weighted by atomic mass is 10.1. The molecular weight excluding hydrogens is 495 g/mol. The second kappa shape index (κ2) is 11.1. The number of nitrogens with one attached hydrogen (secondary N) is 1. The van der Waals surface area contributed by atoms with Crippen LogP contribution in [0.4, 0.5) is 4.39 Å². The van der Waals surface area contributed by atoms with E-state index in [1.807, 2.05) is 56.4 Å². The Labute approximate surface area is 226 Å². The molecule has 1 aliphatic rings. The van der Waals surface area contributed by atoms with E-state index in [4.69, 9.17) is 0 Å². The van der Waals surface area contributed by atoms with Crippen molar-refractivity contribution in [1.82, 2.24) is 24.7 Å². The summed E-state index contributed by atoms with van der Waals surface area (Å²) in [6.07, 6.45) is 0. The summed E-state index contributed by atoms with van der Waals surface area (Å²) >= 11 is 0. The second-order valence-corrected chi connectivity index (χ2v) is 9.86. The number of carbonyl (C=O) groups is 2. The lowest BCUT2D eigenvalue weighted by Crippen LogP contribution is -2.38. The Bertz CT molecular complexity index is 1560. The molecule has 0 atom stereocenters. The second-order valence-electron chi connectivity index (χ2n) is 9.86. The number of aliphatic imine (C=N–C) groups is 1. The Morgan fingerprint density at radius 2 is 1.85 bits per heavy atom. The Hall–Kier alpha value is -4.53. The van der Waals surface area contributed by atoms with Crippen LogP contribution in [0.1, 0.15) is 32.9 Å². The number of likely N-dealkylation sites (N-methyl/N-ethyl adjacent to an activating group) is 2. The van der Waals surface area contributed by atoms with Crippen LogP contribution in [-0.2, 0) is 17.9 Å². The fourth-order valence-electron chi connectivity index (χ4n) is 4.71. The van der Waals surface area contributed by atoms with Gasteiger partial charge in [0.1, 0.15) is 11.7 Å². The number of hydrogen-bond acceptors (Lipinski definition) is 5. The van der Waals surface area contributed by atoms with E-state index in [0.717, 1.165) is 41.1 Å². The molecule has 0 fully saturated rings. The quantitative estimate of drug-likeness (QED) is 0.380. The number of benzene rings is 3. The van der Waals surface area contributed by atoms with E-state index in [1.165, 1.54) is 6.07 Å². The molecule has 2 heterocycles. The largest absolute Gasteiger partial charge is 0.358 e. The maximum atomic E-state index is 14.4. The van der Waals surface area contributed by atoms with Crippen LogP contribution in [0.3, 0.4) is 0 Å². The number of imidazole rings is 1. The topological polar surface area (TPSA) is 82.8 Å². The van der Waals surface area contributed by atoms with Gasteiger partial charge in [0.05, 0.1) is 30.7 Å². The summed E-state index contributed by atoms with van der Waals surface area (Å²) in [6, 6.07) is 20.1. The first kappa shape index (κ1) is 26.1. The molecule has 0 saturated heterocycles. The van der Waals surface area contributed by atoms with E-state index in [0.29, 0.717) is 17.6 Å². The highest BCUT2D eigenvalue weighted by Crippen LogP contribution is 2.21. The molecule has 9 heteroatoms. The van der Waals surface area contributed by atoms with Gasteiger partial charge >= 0.3 is 0 Å². The molecule has 0 bridgehead atoms. The third-order valence-corrected chi connectivity index (χ3v) is 6.91. The van der Waals surface area contributed by atoms with Crippen LogP contribution in [0.25, 0.3) is 11.0 Å². The predicted molar refractivity (Wildman–Crippen MR) is 149 cm³/mol. The first-order valence-electron chi connectivity index (χ1n) is 12.9. The van der Waals surface area contributed by atoms with Gasteiger partial charge in [0.25, 0.3) is 5.91 Å². The minimum Gasteiger partial charge on any atom is -0.358 e. The van der Waals surface area contributed by atoms with Crippen LogP contribution < -0.4 is 5.32 Å². The maximum absolute atomic E-state index is 14.4. The summed E-state index contributed by atoms with van der Waals surface area (Å²) in [7, 11) is 3.73. The van der Waals surface area contributed by atoms with Gasteiger partial charge < -0.3 is 19.7 Å². The van der Waals surface area contributed by atoms with Crippen LogP contribution >= 0.6 is 0 Å². The summed E-state index contributed by atoms with van der Waals surface area (Å²) in [6.45, 7) is 4.02. The normalized spacial score (nSPS) is 13.0. The number of nitrogens with zero attached hydrogens (tertiary/aromatic N) is 5. The number of aromatic nitrogens is 2. The molecule has 0 spiro atoms. The van der Waals surface area contributed by atoms with Crippen LogP contribution in [0.15, 0.2) is 71.7 Å². The SMILES string of the molecule is Cc1ccc2c(c1)nc(C(=O)NCC(=O)N(C)Cc1ccc(C3=NCCN3C)cc1)n2Cc1ccccc1F. The van der Waals surface area contributed by atoms with Gasteiger partial charge in [0.15, 0.2) is 5.82 Å². The molecule has 4 aromatic rings. The molecule has 0 radical (unpaired) electrons. The lowest BCUT2D eigenvalue weighted by Gasteiger charge is -2.18. The summed E-state index contributed by atoms with van der Waals surface area (Å²) in [5, 5.41) is 2.70. The third kappa shape index (κ3) is 5.67. The van der Waals surface area contributed by atoms with Gasteiger partial charge in [-0.1, -0.05) is 48.5 Å². The van der Waals surface area contributed by atoms with E-state index >= 15 is 0 Å². The standard InChI is InChI=1S/C30H31FN6O2/c1-20-8-13-26-25(16-20)34-29(37(26)19-23-6-4-5-7-24(23)31)30(39)33-17-27(38)36(3)18-21-9-11-22(12-10-21)28-32-14-15-35(28)2/h4-13,16H,14-15,17-19H2,1-3H3,(H,33,39). The van der Waals surface area contributed by atoms with Crippen molar-refractivity contribution < 1.29 is 14.0 Å². The van der Waals surface area contributed by atoms with E-state index < -0.39 is 5.91 Å². The van der Waals surface area contributed by atoms with Crippen LogP contribution in [0, 0.1) is 12.7 Å². The number of amidine groups is 1. The Morgan fingerprint density at radius 1 is 1.08 bits per heavy atom. The summed E-state index contributed by atoms with van der Waals surface area (Å²) < 4.78 is 16.1. The fourth-order valence-corrected chi connectivity index (χ4v) is 4.71. The Balaban J connectivity index is 1.26. The zero-order chi connectivity index (χ0) is 27.5. The van der Waals surface area contributed by atoms with E-state index in [9.17, 15) is 14.0 Å². The molecule has 1 aliphatic heterocycles. The molecule has 1 aromatic heterocycles. The number of hydrogen-bond donors (Lipinski definition) is 1. The molecule has 0 unspecified atom stereocenters. The highest BCUT2D eigenvalue weighted by atomic mass is 19.1. The Kier molecular flexibility index (Phi) is 7.40. The van der Waals surface area contributed by atoms with Gasteiger partial charge in [-0.2, -0.15) is 0 Å². The van der Waals surface area contributed by atoms with Gasteiger partial charge in [-0.3, -0.25) is 14.6 Å². The smallest absolute Gasteiger partial charge is 0.287 e. The number of aryl methyl sites for hydroxylation is 1. The molecule has 1 N–H and O–H groups in total. The third-order valence-electron chi connectivity index (χ3n) is 6.91. The average Bonchev–Trinajstić information content (AvgIpc) is 3.51. The van der Waals surface area contributed by atoms with E-state index in [2.05, 4.69) is 20.2 Å². The summed E-state index contributed by atoms with van der Waals surface area (Å²) in [5.41, 5.74) is 4.82. The first-order chi connectivity index (χ1) is 18.8. The zero-order valence-electron chi connectivity index (χ0n) is 22.3. The number of amides is 2. The number of fused-ring (bicyclic) bond motifs is 1. The van der Waals surface area contributed by atoms with Gasteiger partial charge in [0.2, 0.25) is 5.91 Å². The van der Waals surface area contributed by atoms with Gasteiger partial charge in [-0.15, -0.1) is 0 Å². The predicted octanol–water partition coefficient (Wildman–Crippen LogP) is 3.61. The highest BCUT2D eigenvalue weighted by Gasteiger charge is 2.21. The molecular formula is C30H31FN6O2. The molecule has 200 valence electrons. The van der Waals surface area contributed by atoms with Crippen molar-refractivity contribution in [2.45, 2.75) is 20.0 Å². The molecule has 39 heavy (non-hydrogen) atoms. The molecule has 0 aliphatic carbocycles. The van der Waals surface area contributed by atoms with Crippen LogP contribution in [-0.4, -0.2) is 70.7 Å². The maximum Gasteiger partial charge on any atom is 0.287 e. The minimum absolute atomic E-state index is 0.129. The molecule has 3 aromatic carbocycles. The molecule has 8 nitrogen and oxygen atoms in total. The number of carbonyl (C=O) groups excluding carboxylic acids is 2. The van der Waals surface area contributed by atoms with Gasteiger partial charge in [-0.05, 0) is 36.2 Å². The fraction of sp³-hybridized carbons (Fsp3) is 0.267. The van der Waals surface area contributed by atoms with Gasteiger partial charge in [-0.25, -0.2) is 9.37 Å². The summed E-state index contributed by atoms with van der Waals surface area (Å²) in [4.78, 5) is 38.8. The molecule has 5 rings (SSSR count). The lowest BCUT2D eigenvalue weighted by molar-refractivity contribution is -0.129. The monoisotopic (exact) mass is 526 g/mol. The van der Waals surface area contributed by atoms with Crippen molar-refractivity contribution in [3.8, 4) is 0 Å². The van der Waals surface area contributed by atoms with Gasteiger partial charge in [0, 0.05) is 38.3 Å². The summed E-state index contributed by atoms with van der Waals surface area (Å²) in [5.74, 6) is 0.0214. The van der Waals surface area contributed by atoms with Crippen LogP contribution in [0.2, 0.25) is 0 Å². The zero-order valence-corrected chi connectivity index (χ0v) is 22.3. The van der Waals surface area contributed by atoms with Crippen molar-refractivity contribution in [3.63, 3.8) is 0 Å². The van der Waals surface area contributed by atoms with Crippen molar-refractivity contribution in [2.24, 2.45) is 4.99 Å². The molecule has 2 amide bonds. The van der Waals surface area contributed by atoms with E-state index in [1.54, 1.807) is 34.7 Å². The van der Waals surface area contributed by atoms with Crippen molar-refractivity contribution in [2.75, 3.05) is 33.7 Å².